The van der Waals surface area contributed by atoms with Gasteiger partial charge in [-0.25, -0.2) is 8.42 Å². The van der Waals surface area contributed by atoms with Crippen LogP contribution in [0, 0.1) is 0 Å². The summed E-state index contributed by atoms with van der Waals surface area (Å²) in [6, 6.07) is 12.8. The molecule has 2 aromatic rings. The Hall–Kier alpha value is -2.71. The van der Waals surface area contributed by atoms with E-state index in [4.69, 9.17) is 0 Å². The molecule has 29 heavy (non-hydrogen) atoms. The zero-order valence-corrected chi connectivity index (χ0v) is 17.0. The summed E-state index contributed by atoms with van der Waals surface area (Å²) in [5, 5.41) is 2.62. The number of anilines is 1. The summed E-state index contributed by atoms with van der Waals surface area (Å²) in [5.41, 5.74) is 1.98. The first kappa shape index (κ1) is 19.6. The molecular weight excluding hydrogens is 390 g/mol. The topological polar surface area (TPSA) is 86.8 Å². The predicted molar refractivity (Wildman–Crippen MR) is 109 cm³/mol. The van der Waals surface area contributed by atoms with Crippen LogP contribution < -0.4 is 10.2 Å². The van der Waals surface area contributed by atoms with Crippen molar-refractivity contribution in [3.63, 3.8) is 0 Å². The zero-order valence-electron chi connectivity index (χ0n) is 16.2. The molecule has 7 nitrogen and oxygen atoms in total. The molecule has 1 N–H and O–H groups in total. The molecule has 2 heterocycles. The van der Waals surface area contributed by atoms with Gasteiger partial charge in [0.1, 0.15) is 6.04 Å². The average molecular weight is 413 g/mol. The van der Waals surface area contributed by atoms with Gasteiger partial charge in [-0.3, -0.25) is 14.5 Å². The monoisotopic (exact) mass is 413 g/mol. The number of hydrogen-bond donors (Lipinski definition) is 1. The van der Waals surface area contributed by atoms with E-state index in [1.165, 1.54) is 33.5 Å². The summed E-state index contributed by atoms with van der Waals surface area (Å²) in [5.74, 6) is -0.559. The Morgan fingerprint density at radius 3 is 2.31 bits per heavy atom. The van der Waals surface area contributed by atoms with E-state index in [-0.39, 0.29) is 16.7 Å². The lowest BCUT2D eigenvalue weighted by molar-refractivity contribution is -0.121. The number of sulfonamides is 1. The van der Waals surface area contributed by atoms with Crippen LogP contribution in [0.25, 0.3) is 0 Å². The van der Waals surface area contributed by atoms with Gasteiger partial charge in [0.05, 0.1) is 4.90 Å². The number of nitrogens with zero attached hydrogens (tertiary/aromatic N) is 2. The van der Waals surface area contributed by atoms with Crippen LogP contribution in [0.4, 0.5) is 5.69 Å². The number of rotatable bonds is 4. The molecule has 2 amide bonds. The Morgan fingerprint density at radius 1 is 1.00 bits per heavy atom. The van der Waals surface area contributed by atoms with Crippen molar-refractivity contribution in [2.45, 2.75) is 30.2 Å². The second-order valence-corrected chi connectivity index (χ2v) is 9.21. The van der Waals surface area contributed by atoms with E-state index in [0.29, 0.717) is 30.8 Å². The minimum absolute atomic E-state index is 0.181. The molecule has 152 valence electrons. The number of carbonyl (C=O) groups is 2. The highest BCUT2D eigenvalue weighted by atomic mass is 32.2. The first-order chi connectivity index (χ1) is 13.9. The van der Waals surface area contributed by atoms with Gasteiger partial charge in [-0.2, -0.15) is 4.31 Å². The zero-order chi connectivity index (χ0) is 20.6. The third-order valence-electron chi connectivity index (χ3n) is 5.55. The van der Waals surface area contributed by atoms with Crippen molar-refractivity contribution < 1.29 is 18.0 Å². The fourth-order valence-electron chi connectivity index (χ4n) is 4.00. The summed E-state index contributed by atoms with van der Waals surface area (Å²) in [6.45, 7) is 1.06. The highest BCUT2D eigenvalue weighted by Crippen LogP contribution is 2.33. The van der Waals surface area contributed by atoms with Crippen LogP contribution in [0.1, 0.15) is 28.8 Å². The SMILES string of the molecule is CNC(=O)[C@H]1Cc2ccccc2N1C(=O)c1ccc(S(=O)(=O)N2CCCC2)cc1. The Balaban J connectivity index is 1.64. The van der Waals surface area contributed by atoms with Crippen LogP contribution in [0.5, 0.6) is 0 Å². The van der Waals surface area contributed by atoms with E-state index >= 15 is 0 Å². The number of benzene rings is 2. The van der Waals surface area contributed by atoms with Crippen molar-refractivity contribution in [2.75, 3.05) is 25.0 Å². The Kier molecular flexibility index (Phi) is 5.14. The second kappa shape index (κ2) is 7.61. The van der Waals surface area contributed by atoms with Crippen LogP contribution in [0.2, 0.25) is 0 Å². The lowest BCUT2D eigenvalue weighted by Gasteiger charge is -2.24. The smallest absolute Gasteiger partial charge is 0.259 e. The highest BCUT2D eigenvalue weighted by Gasteiger charge is 2.38. The number of fused-ring (bicyclic) bond motifs is 1. The number of amides is 2. The molecule has 0 aliphatic carbocycles. The van der Waals surface area contributed by atoms with E-state index in [1.807, 2.05) is 24.3 Å². The third-order valence-corrected chi connectivity index (χ3v) is 7.46. The summed E-state index contributed by atoms with van der Waals surface area (Å²) >= 11 is 0. The van der Waals surface area contributed by atoms with Crippen LogP contribution >= 0.6 is 0 Å². The van der Waals surface area contributed by atoms with Crippen LogP contribution in [-0.2, 0) is 21.2 Å². The maximum Gasteiger partial charge on any atom is 0.259 e. The molecule has 8 heteroatoms. The molecule has 1 saturated heterocycles. The van der Waals surface area contributed by atoms with Crippen LogP contribution in [-0.4, -0.2) is 50.7 Å². The maximum atomic E-state index is 13.2. The number of likely N-dealkylation sites (N-methyl/N-ethyl adjacent to an activating group) is 1. The van der Waals surface area contributed by atoms with Gasteiger partial charge in [-0.15, -0.1) is 0 Å². The fourth-order valence-corrected chi connectivity index (χ4v) is 5.52. The lowest BCUT2D eigenvalue weighted by Crippen LogP contribution is -2.47. The number of hydrogen-bond acceptors (Lipinski definition) is 4. The van der Waals surface area contributed by atoms with Gasteiger partial charge in [-0.1, -0.05) is 18.2 Å². The van der Waals surface area contributed by atoms with E-state index in [0.717, 1.165) is 18.4 Å². The minimum Gasteiger partial charge on any atom is -0.357 e. The first-order valence-electron chi connectivity index (χ1n) is 9.67. The number of para-hydroxylation sites is 1. The van der Waals surface area contributed by atoms with Gasteiger partial charge in [0.2, 0.25) is 15.9 Å². The van der Waals surface area contributed by atoms with E-state index < -0.39 is 16.1 Å². The standard InChI is InChI=1S/C21H23N3O4S/c1-22-20(25)19-14-16-6-2-3-7-18(16)24(19)21(26)15-8-10-17(11-9-15)29(27,28)23-12-4-5-13-23/h2-3,6-11,19H,4-5,12-14H2,1H3,(H,22,25)/t19-/m1/s1. The summed E-state index contributed by atoms with van der Waals surface area (Å²) in [6.07, 6.45) is 2.18. The molecular formula is C21H23N3O4S. The Bertz CT molecular complexity index is 1040. The van der Waals surface area contributed by atoms with Crippen molar-refractivity contribution >= 4 is 27.5 Å². The molecule has 0 aromatic heterocycles. The van der Waals surface area contributed by atoms with Crippen molar-refractivity contribution in [2.24, 2.45) is 0 Å². The Morgan fingerprint density at radius 2 is 1.66 bits per heavy atom. The van der Waals surface area contributed by atoms with Gasteiger partial charge in [-0.05, 0) is 48.7 Å². The molecule has 0 saturated carbocycles. The molecule has 2 aliphatic rings. The molecule has 1 fully saturated rings. The van der Waals surface area contributed by atoms with E-state index in [1.54, 1.807) is 7.05 Å². The second-order valence-electron chi connectivity index (χ2n) is 7.27. The fraction of sp³-hybridized carbons (Fsp3) is 0.333. The first-order valence-corrected chi connectivity index (χ1v) is 11.1. The molecule has 2 aromatic carbocycles. The summed E-state index contributed by atoms with van der Waals surface area (Å²) in [4.78, 5) is 27.3. The molecule has 1 atom stereocenters. The minimum atomic E-state index is -3.53. The molecule has 0 bridgehead atoms. The Labute approximate surface area is 170 Å². The van der Waals surface area contributed by atoms with Gasteiger partial charge in [0.15, 0.2) is 0 Å². The lowest BCUT2D eigenvalue weighted by atomic mass is 10.1. The maximum absolute atomic E-state index is 13.2. The molecule has 0 unspecified atom stereocenters. The summed E-state index contributed by atoms with van der Waals surface area (Å²) in [7, 11) is -1.99. The summed E-state index contributed by atoms with van der Waals surface area (Å²) < 4.78 is 26.9. The van der Waals surface area contributed by atoms with E-state index in [9.17, 15) is 18.0 Å². The molecule has 0 radical (unpaired) electrons. The number of nitrogens with one attached hydrogen (secondary N) is 1. The van der Waals surface area contributed by atoms with Crippen LogP contribution in [0.15, 0.2) is 53.4 Å². The van der Waals surface area contributed by atoms with E-state index in [2.05, 4.69) is 5.32 Å². The molecule has 0 spiro atoms. The number of carbonyl (C=O) groups excluding carboxylic acids is 2. The van der Waals surface area contributed by atoms with Crippen molar-refractivity contribution in [1.29, 1.82) is 0 Å². The largest absolute Gasteiger partial charge is 0.357 e. The third kappa shape index (κ3) is 3.42. The average Bonchev–Trinajstić information content (AvgIpc) is 3.41. The van der Waals surface area contributed by atoms with Gasteiger partial charge in [0.25, 0.3) is 5.91 Å². The van der Waals surface area contributed by atoms with Crippen molar-refractivity contribution in [1.82, 2.24) is 9.62 Å². The predicted octanol–water partition coefficient (Wildman–Crippen LogP) is 1.79. The van der Waals surface area contributed by atoms with Crippen molar-refractivity contribution in [3.05, 3.63) is 59.7 Å². The quantitative estimate of drug-likeness (QED) is 0.828. The van der Waals surface area contributed by atoms with Gasteiger partial charge in [0, 0.05) is 37.8 Å². The van der Waals surface area contributed by atoms with Gasteiger partial charge < -0.3 is 5.32 Å². The molecule has 4 rings (SSSR count). The van der Waals surface area contributed by atoms with Gasteiger partial charge >= 0.3 is 0 Å². The normalized spacial score (nSPS) is 19.2. The molecule has 2 aliphatic heterocycles. The van der Waals surface area contributed by atoms with Crippen molar-refractivity contribution in [3.8, 4) is 0 Å². The highest BCUT2D eigenvalue weighted by molar-refractivity contribution is 7.89. The van der Waals surface area contributed by atoms with Crippen LogP contribution in [0.3, 0.4) is 0 Å².